The number of carbonyl (C=O) groups excluding carboxylic acids is 2. The van der Waals surface area contributed by atoms with Crippen molar-refractivity contribution in [3.63, 3.8) is 0 Å². The van der Waals surface area contributed by atoms with Gasteiger partial charge in [-0.3, -0.25) is 9.89 Å². The highest BCUT2D eigenvalue weighted by Gasteiger charge is 2.39. The van der Waals surface area contributed by atoms with E-state index in [1.165, 1.54) is 6.21 Å². The largest absolute Gasteiger partial charge is 0.491 e. The van der Waals surface area contributed by atoms with E-state index in [0.717, 1.165) is 22.4 Å². The second-order valence-corrected chi connectivity index (χ2v) is 9.45. The van der Waals surface area contributed by atoms with Crippen LogP contribution in [0.25, 0.3) is 0 Å². The van der Waals surface area contributed by atoms with E-state index in [1.807, 2.05) is 104 Å². The van der Waals surface area contributed by atoms with Crippen LogP contribution in [0.5, 0.6) is 5.75 Å². The van der Waals surface area contributed by atoms with Gasteiger partial charge in [-0.25, -0.2) is 9.59 Å². The molecule has 0 N–H and O–H groups in total. The SMILES string of the molecule is Cc1ccccc1OCC1CN(CC(C)N=CC(=O)OCc2ccccc2)C(C(=O)OCc2ccccc2)O1. The van der Waals surface area contributed by atoms with Crippen LogP contribution >= 0.6 is 0 Å². The summed E-state index contributed by atoms with van der Waals surface area (Å²) in [5, 5.41) is 0. The molecule has 0 bridgehead atoms. The van der Waals surface area contributed by atoms with Crippen molar-refractivity contribution in [3.05, 3.63) is 102 Å². The minimum absolute atomic E-state index is 0.151. The summed E-state index contributed by atoms with van der Waals surface area (Å²) >= 11 is 0. The number of hydrogen-bond donors (Lipinski definition) is 0. The van der Waals surface area contributed by atoms with E-state index in [2.05, 4.69) is 4.99 Å². The van der Waals surface area contributed by atoms with Crippen LogP contribution < -0.4 is 4.74 Å². The molecule has 1 aliphatic heterocycles. The molecule has 4 rings (SSSR count). The van der Waals surface area contributed by atoms with Gasteiger partial charge in [0.05, 0.1) is 6.04 Å². The third kappa shape index (κ3) is 8.77. The van der Waals surface area contributed by atoms with Gasteiger partial charge in [0.25, 0.3) is 0 Å². The van der Waals surface area contributed by atoms with Crippen LogP contribution in [-0.2, 0) is 37.0 Å². The molecule has 39 heavy (non-hydrogen) atoms. The summed E-state index contributed by atoms with van der Waals surface area (Å²) in [5.41, 5.74) is 2.81. The van der Waals surface area contributed by atoms with Gasteiger partial charge in [-0.05, 0) is 36.6 Å². The van der Waals surface area contributed by atoms with Crippen LogP contribution in [0.4, 0.5) is 0 Å². The maximum atomic E-state index is 13.0. The number of aryl methyl sites for hydroxylation is 1. The van der Waals surface area contributed by atoms with Crippen molar-refractivity contribution < 1.29 is 28.5 Å². The number of nitrogens with zero attached hydrogens (tertiary/aromatic N) is 2. The first-order valence-corrected chi connectivity index (χ1v) is 13.0. The monoisotopic (exact) mass is 530 g/mol. The fourth-order valence-corrected chi connectivity index (χ4v) is 4.18. The maximum Gasteiger partial charge on any atom is 0.351 e. The Labute approximate surface area is 229 Å². The number of hydrogen-bond acceptors (Lipinski definition) is 8. The second kappa shape index (κ2) is 14.2. The van der Waals surface area contributed by atoms with Gasteiger partial charge in [-0.1, -0.05) is 78.9 Å². The normalized spacial score (nSPS) is 18.1. The fourth-order valence-electron chi connectivity index (χ4n) is 4.18. The van der Waals surface area contributed by atoms with Crippen molar-refractivity contribution >= 4 is 18.2 Å². The lowest BCUT2D eigenvalue weighted by Gasteiger charge is -2.22. The second-order valence-electron chi connectivity index (χ2n) is 9.45. The van der Waals surface area contributed by atoms with Gasteiger partial charge in [-0.15, -0.1) is 0 Å². The van der Waals surface area contributed by atoms with E-state index in [1.54, 1.807) is 0 Å². The summed E-state index contributed by atoms with van der Waals surface area (Å²) in [4.78, 5) is 31.4. The molecule has 204 valence electrons. The Morgan fingerprint density at radius 2 is 1.56 bits per heavy atom. The van der Waals surface area contributed by atoms with E-state index in [9.17, 15) is 9.59 Å². The molecule has 3 aromatic rings. The van der Waals surface area contributed by atoms with E-state index >= 15 is 0 Å². The molecule has 0 amide bonds. The van der Waals surface area contributed by atoms with Gasteiger partial charge in [0.2, 0.25) is 6.23 Å². The Morgan fingerprint density at radius 1 is 0.949 bits per heavy atom. The number of benzene rings is 3. The molecule has 3 unspecified atom stereocenters. The third-order valence-corrected chi connectivity index (χ3v) is 6.19. The Hall–Kier alpha value is -4.01. The van der Waals surface area contributed by atoms with Crippen molar-refractivity contribution in [3.8, 4) is 5.75 Å². The van der Waals surface area contributed by atoms with E-state index in [-0.39, 0.29) is 32.0 Å². The Bertz CT molecular complexity index is 1230. The molecule has 8 nitrogen and oxygen atoms in total. The minimum Gasteiger partial charge on any atom is -0.491 e. The number of ether oxygens (including phenoxy) is 4. The first kappa shape index (κ1) is 28.0. The fraction of sp³-hybridized carbons (Fsp3) is 0.323. The molecule has 1 aliphatic rings. The average molecular weight is 531 g/mol. The molecular weight excluding hydrogens is 496 g/mol. The van der Waals surface area contributed by atoms with Crippen LogP contribution in [0.2, 0.25) is 0 Å². The number of para-hydroxylation sites is 1. The van der Waals surface area contributed by atoms with Crippen molar-refractivity contribution in [2.45, 2.75) is 45.4 Å². The summed E-state index contributed by atoms with van der Waals surface area (Å²) in [6.45, 7) is 5.30. The van der Waals surface area contributed by atoms with Crippen LogP contribution in [0.15, 0.2) is 89.9 Å². The van der Waals surface area contributed by atoms with Crippen LogP contribution in [0.3, 0.4) is 0 Å². The molecule has 1 heterocycles. The number of carbonyl (C=O) groups is 2. The van der Waals surface area contributed by atoms with Gasteiger partial charge in [0, 0.05) is 13.1 Å². The van der Waals surface area contributed by atoms with Gasteiger partial charge >= 0.3 is 11.9 Å². The number of aliphatic imine (C=N–C) groups is 1. The smallest absolute Gasteiger partial charge is 0.351 e. The lowest BCUT2D eigenvalue weighted by molar-refractivity contribution is -0.165. The van der Waals surface area contributed by atoms with E-state index in [4.69, 9.17) is 18.9 Å². The van der Waals surface area contributed by atoms with Gasteiger partial charge in [0.15, 0.2) is 0 Å². The van der Waals surface area contributed by atoms with Crippen molar-refractivity contribution in [2.24, 2.45) is 4.99 Å². The zero-order valence-corrected chi connectivity index (χ0v) is 22.3. The van der Waals surface area contributed by atoms with Gasteiger partial charge in [-0.2, -0.15) is 0 Å². The summed E-state index contributed by atoms with van der Waals surface area (Å²) in [5.74, 6) is -0.225. The summed E-state index contributed by atoms with van der Waals surface area (Å²) in [6, 6.07) is 26.4. The molecule has 0 aliphatic carbocycles. The molecule has 0 aromatic heterocycles. The zero-order valence-electron chi connectivity index (χ0n) is 22.3. The molecule has 0 spiro atoms. The molecule has 0 radical (unpaired) electrons. The lowest BCUT2D eigenvalue weighted by atomic mass is 10.2. The predicted molar refractivity (Wildman–Crippen MR) is 147 cm³/mol. The summed E-state index contributed by atoms with van der Waals surface area (Å²) < 4.78 is 22.9. The topological polar surface area (TPSA) is 86.7 Å². The van der Waals surface area contributed by atoms with Crippen LogP contribution in [-0.4, -0.2) is 61.1 Å². The molecule has 0 saturated carbocycles. The van der Waals surface area contributed by atoms with Crippen molar-refractivity contribution in [1.29, 1.82) is 0 Å². The summed E-state index contributed by atoms with van der Waals surface area (Å²) in [7, 11) is 0. The van der Waals surface area contributed by atoms with Crippen molar-refractivity contribution in [2.75, 3.05) is 19.7 Å². The number of rotatable bonds is 12. The van der Waals surface area contributed by atoms with Crippen molar-refractivity contribution in [1.82, 2.24) is 4.90 Å². The minimum atomic E-state index is -0.901. The van der Waals surface area contributed by atoms with Gasteiger partial charge in [0.1, 0.15) is 37.9 Å². The molecule has 3 aromatic carbocycles. The lowest BCUT2D eigenvalue weighted by Crippen LogP contribution is -2.41. The highest BCUT2D eigenvalue weighted by molar-refractivity contribution is 6.23. The first-order valence-electron chi connectivity index (χ1n) is 13.0. The standard InChI is InChI=1S/C31H34N2O6/c1-23-11-9-10-16-28(23)36-22-27-19-33(30(39-27)31(35)38-21-26-14-7-4-8-15-26)18-24(2)32-17-29(34)37-20-25-12-5-3-6-13-25/h3-17,24,27,30H,18-22H2,1-2H3. The highest BCUT2D eigenvalue weighted by atomic mass is 16.6. The van der Waals surface area contributed by atoms with Crippen LogP contribution in [0.1, 0.15) is 23.6 Å². The molecular formula is C31H34N2O6. The summed E-state index contributed by atoms with van der Waals surface area (Å²) in [6.07, 6.45) is -0.0563. The Kier molecular flexibility index (Phi) is 10.2. The first-order chi connectivity index (χ1) is 19.0. The number of esters is 2. The Balaban J connectivity index is 1.34. The van der Waals surface area contributed by atoms with Crippen LogP contribution in [0, 0.1) is 6.92 Å². The van der Waals surface area contributed by atoms with E-state index in [0.29, 0.717) is 13.1 Å². The maximum absolute atomic E-state index is 13.0. The molecule has 1 saturated heterocycles. The average Bonchev–Trinajstić information content (AvgIpc) is 3.36. The highest BCUT2D eigenvalue weighted by Crippen LogP contribution is 2.22. The molecule has 8 heteroatoms. The predicted octanol–water partition coefficient (Wildman–Crippen LogP) is 4.35. The Morgan fingerprint density at radius 3 is 2.23 bits per heavy atom. The van der Waals surface area contributed by atoms with Gasteiger partial charge < -0.3 is 18.9 Å². The quantitative estimate of drug-likeness (QED) is 0.254. The van der Waals surface area contributed by atoms with E-state index < -0.39 is 18.2 Å². The zero-order chi connectivity index (χ0) is 27.5. The third-order valence-electron chi connectivity index (χ3n) is 6.19. The molecule has 3 atom stereocenters. The molecule has 1 fully saturated rings.